The minimum atomic E-state index is -3.59. The van der Waals surface area contributed by atoms with Crippen LogP contribution >= 0.6 is 0 Å². The van der Waals surface area contributed by atoms with Gasteiger partial charge in [-0.15, -0.1) is 0 Å². The lowest BCUT2D eigenvalue weighted by Gasteiger charge is -2.03. The van der Waals surface area contributed by atoms with Crippen molar-refractivity contribution in [2.75, 3.05) is 11.7 Å². The van der Waals surface area contributed by atoms with Crippen molar-refractivity contribution < 1.29 is 12.8 Å². The van der Waals surface area contributed by atoms with Gasteiger partial charge in [-0.25, -0.2) is 13.2 Å². The largest absolute Gasteiger partial charge is 0.422 e. The van der Waals surface area contributed by atoms with E-state index in [9.17, 15) is 13.2 Å². The third-order valence-corrected chi connectivity index (χ3v) is 3.35. The summed E-state index contributed by atoms with van der Waals surface area (Å²) in [5.41, 5.74) is 2.36. The molecule has 0 spiro atoms. The molecular formula is C10H10N2O4S. The van der Waals surface area contributed by atoms with E-state index in [1.54, 1.807) is 12.1 Å². The highest BCUT2D eigenvalue weighted by atomic mass is 32.2. The zero-order chi connectivity index (χ0) is 12.6. The van der Waals surface area contributed by atoms with Gasteiger partial charge in [-0.05, 0) is 18.2 Å². The molecule has 17 heavy (non-hydrogen) atoms. The summed E-state index contributed by atoms with van der Waals surface area (Å²) in [4.78, 5) is 11.1. The van der Waals surface area contributed by atoms with Crippen LogP contribution in [0.2, 0.25) is 0 Å². The standard InChI is InChI=1S/C10H10N2O4S/c1-17(14,15)9-4-6-2-3-7(12-11)5-8(6)16-10(9)13/h2-5,12H,11H2,1H3. The topological polar surface area (TPSA) is 102 Å². The molecule has 0 atom stereocenters. The summed E-state index contributed by atoms with van der Waals surface area (Å²) in [5.74, 6) is 5.21. The van der Waals surface area contributed by atoms with E-state index in [2.05, 4.69) is 5.43 Å². The second kappa shape index (κ2) is 3.86. The van der Waals surface area contributed by atoms with Crippen LogP contribution < -0.4 is 16.9 Å². The third kappa shape index (κ3) is 2.15. The Balaban J connectivity index is 2.80. The van der Waals surface area contributed by atoms with Gasteiger partial charge in [0.2, 0.25) is 0 Å². The molecule has 0 fully saturated rings. The Morgan fingerprint density at radius 2 is 2.00 bits per heavy atom. The van der Waals surface area contributed by atoms with E-state index >= 15 is 0 Å². The Hall–Kier alpha value is -1.86. The maximum atomic E-state index is 11.5. The van der Waals surface area contributed by atoms with Crippen molar-refractivity contribution >= 4 is 26.5 Å². The highest BCUT2D eigenvalue weighted by Gasteiger charge is 2.15. The summed E-state index contributed by atoms with van der Waals surface area (Å²) in [6.45, 7) is 0. The molecule has 2 aromatic rings. The number of benzene rings is 1. The van der Waals surface area contributed by atoms with Gasteiger partial charge in [-0.2, -0.15) is 0 Å². The van der Waals surface area contributed by atoms with E-state index in [1.807, 2.05) is 0 Å². The first kappa shape index (κ1) is 11.6. The first-order valence-electron chi connectivity index (χ1n) is 4.66. The van der Waals surface area contributed by atoms with Crippen LogP contribution in [0.5, 0.6) is 0 Å². The van der Waals surface area contributed by atoms with E-state index in [1.165, 1.54) is 12.1 Å². The summed E-state index contributed by atoms with van der Waals surface area (Å²) in [7, 11) is -3.59. The summed E-state index contributed by atoms with van der Waals surface area (Å²) >= 11 is 0. The Labute approximate surface area is 96.9 Å². The number of hydrogen-bond donors (Lipinski definition) is 2. The molecule has 0 bridgehead atoms. The van der Waals surface area contributed by atoms with Gasteiger partial charge in [-0.3, -0.25) is 5.84 Å². The average molecular weight is 254 g/mol. The molecule has 1 heterocycles. The van der Waals surface area contributed by atoms with Gasteiger partial charge in [-0.1, -0.05) is 0 Å². The minimum Gasteiger partial charge on any atom is -0.422 e. The van der Waals surface area contributed by atoms with Crippen LogP contribution in [0.15, 0.2) is 38.4 Å². The van der Waals surface area contributed by atoms with Gasteiger partial charge in [0.25, 0.3) is 0 Å². The van der Waals surface area contributed by atoms with Gasteiger partial charge in [0.05, 0.1) is 5.69 Å². The number of hydrogen-bond acceptors (Lipinski definition) is 6. The third-order valence-electron chi connectivity index (χ3n) is 2.27. The molecule has 0 unspecified atom stereocenters. The summed E-state index contributed by atoms with van der Waals surface area (Å²) in [6.07, 6.45) is 0.959. The van der Waals surface area contributed by atoms with Gasteiger partial charge in [0, 0.05) is 17.7 Å². The molecule has 1 aromatic carbocycles. The zero-order valence-electron chi connectivity index (χ0n) is 8.93. The van der Waals surface area contributed by atoms with Crippen molar-refractivity contribution in [3.05, 3.63) is 34.7 Å². The first-order valence-corrected chi connectivity index (χ1v) is 6.55. The van der Waals surface area contributed by atoms with Crippen molar-refractivity contribution in [3.63, 3.8) is 0 Å². The normalized spacial score (nSPS) is 11.6. The number of nitrogen functional groups attached to an aromatic ring is 1. The van der Waals surface area contributed by atoms with Crippen molar-refractivity contribution in [2.24, 2.45) is 5.84 Å². The first-order chi connectivity index (χ1) is 7.91. The van der Waals surface area contributed by atoms with Gasteiger partial charge in [0.1, 0.15) is 5.58 Å². The van der Waals surface area contributed by atoms with E-state index < -0.39 is 15.5 Å². The molecule has 2 rings (SSSR count). The summed E-state index contributed by atoms with van der Waals surface area (Å²) < 4.78 is 27.6. The fourth-order valence-electron chi connectivity index (χ4n) is 1.44. The van der Waals surface area contributed by atoms with Gasteiger partial charge < -0.3 is 9.84 Å². The summed E-state index contributed by atoms with van der Waals surface area (Å²) in [5, 5.41) is 0.518. The Morgan fingerprint density at radius 3 is 2.59 bits per heavy atom. The maximum Gasteiger partial charge on any atom is 0.355 e. The second-order valence-electron chi connectivity index (χ2n) is 3.57. The SMILES string of the molecule is CS(=O)(=O)c1cc2ccc(NN)cc2oc1=O. The smallest absolute Gasteiger partial charge is 0.355 e. The molecule has 3 N–H and O–H groups in total. The molecule has 1 aromatic heterocycles. The van der Waals surface area contributed by atoms with Crippen LogP contribution in [0.1, 0.15) is 0 Å². The summed E-state index contributed by atoms with van der Waals surface area (Å²) in [6, 6.07) is 6.07. The molecule has 0 amide bonds. The maximum absolute atomic E-state index is 11.5. The highest BCUT2D eigenvalue weighted by molar-refractivity contribution is 7.90. The van der Waals surface area contributed by atoms with Crippen LogP contribution in [0, 0.1) is 0 Å². The number of nitrogens with two attached hydrogens (primary N) is 1. The van der Waals surface area contributed by atoms with E-state index in [0.29, 0.717) is 11.1 Å². The highest BCUT2D eigenvalue weighted by Crippen LogP contribution is 2.19. The molecular weight excluding hydrogens is 244 g/mol. The number of hydrazine groups is 1. The average Bonchev–Trinajstić information content (AvgIpc) is 2.25. The number of anilines is 1. The molecule has 0 aliphatic heterocycles. The monoisotopic (exact) mass is 254 g/mol. The van der Waals surface area contributed by atoms with Crippen LogP contribution in [-0.4, -0.2) is 14.7 Å². The molecule has 6 nitrogen and oxygen atoms in total. The predicted molar refractivity (Wildman–Crippen MR) is 63.4 cm³/mol. The van der Waals surface area contributed by atoms with Crippen LogP contribution in [0.4, 0.5) is 5.69 Å². The van der Waals surface area contributed by atoms with E-state index in [4.69, 9.17) is 10.3 Å². The predicted octanol–water partition coefficient (Wildman–Crippen LogP) is 0.482. The van der Waals surface area contributed by atoms with Crippen molar-refractivity contribution in [1.82, 2.24) is 0 Å². The Morgan fingerprint density at radius 1 is 1.29 bits per heavy atom. The second-order valence-corrected chi connectivity index (χ2v) is 5.55. The molecule has 90 valence electrons. The quantitative estimate of drug-likeness (QED) is 0.459. The lowest BCUT2D eigenvalue weighted by molar-refractivity contribution is 0.534. The van der Waals surface area contributed by atoms with Gasteiger partial charge in [0.15, 0.2) is 14.7 Å². The molecule has 0 radical (unpaired) electrons. The Kier molecular flexibility index (Phi) is 2.64. The Bertz CT molecular complexity index is 734. The lowest BCUT2D eigenvalue weighted by Crippen LogP contribution is -2.12. The number of fused-ring (bicyclic) bond motifs is 1. The van der Waals surface area contributed by atoms with Crippen LogP contribution in [0.25, 0.3) is 11.0 Å². The number of rotatable bonds is 2. The van der Waals surface area contributed by atoms with Crippen LogP contribution in [0.3, 0.4) is 0 Å². The fourth-order valence-corrected chi connectivity index (χ4v) is 2.13. The fraction of sp³-hybridized carbons (Fsp3) is 0.100. The van der Waals surface area contributed by atoms with E-state index in [0.717, 1.165) is 6.26 Å². The lowest BCUT2D eigenvalue weighted by atomic mass is 10.2. The van der Waals surface area contributed by atoms with Crippen molar-refractivity contribution in [1.29, 1.82) is 0 Å². The van der Waals surface area contributed by atoms with Crippen molar-refractivity contribution in [3.8, 4) is 0 Å². The van der Waals surface area contributed by atoms with Gasteiger partial charge >= 0.3 is 5.63 Å². The van der Waals surface area contributed by atoms with E-state index in [-0.39, 0.29) is 10.5 Å². The number of nitrogens with one attached hydrogen (secondary N) is 1. The number of sulfone groups is 1. The molecule has 0 aliphatic rings. The van der Waals surface area contributed by atoms with Crippen LogP contribution in [-0.2, 0) is 9.84 Å². The molecule has 0 aliphatic carbocycles. The minimum absolute atomic E-state index is 0.276. The van der Waals surface area contributed by atoms with Crippen molar-refractivity contribution in [2.45, 2.75) is 4.90 Å². The zero-order valence-corrected chi connectivity index (χ0v) is 9.74. The molecule has 0 saturated heterocycles. The molecule has 0 saturated carbocycles. The molecule has 7 heteroatoms.